The normalized spacial score (nSPS) is 39.1. The molecule has 0 spiro atoms. The maximum Gasteiger partial charge on any atom is 0.407 e. The highest BCUT2D eigenvalue weighted by Crippen LogP contribution is 2.56. The van der Waals surface area contributed by atoms with E-state index in [9.17, 15) is 9.90 Å². The fraction of sp³-hybridized carbons (Fsp3) is 0.900. The number of carboxylic acid groups (broad SMARTS) is 1. The Balaban J connectivity index is 2.18. The minimum absolute atomic E-state index is 0.0447. The van der Waals surface area contributed by atoms with Gasteiger partial charge in [0.15, 0.2) is 0 Å². The highest BCUT2D eigenvalue weighted by atomic mass is 16.4. The number of carbonyl (C=O) groups is 1. The lowest BCUT2D eigenvalue weighted by Crippen LogP contribution is -2.49. The summed E-state index contributed by atoms with van der Waals surface area (Å²) in [4.78, 5) is 12.3. The Hall–Kier alpha value is -0.770. The zero-order chi connectivity index (χ0) is 10.5. The molecule has 2 rings (SSSR count). The maximum atomic E-state index is 10.9. The van der Waals surface area contributed by atoms with Gasteiger partial charge in [0.2, 0.25) is 0 Å². The van der Waals surface area contributed by atoms with Crippen LogP contribution in [0.5, 0.6) is 0 Å². The van der Waals surface area contributed by atoms with Crippen LogP contribution in [0.3, 0.4) is 0 Å². The molecule has 4 nitrogen and oxygen atoms in total. The van der Waals surface area contributed by atoms with Crippen LogP contribution in [-0.4, -0.2) is 40.4 Å². The summed E-state index contributed by atoms with van der Waals surface area (Å²) in [6, 6.07) is -0.179. The third-order valence-corrected chi connectivity index (χ3v) is 3.88. The second-order valence-electron chi connectivity index (χ2n) is 5.16. The number of aliphatic hydroxyl groups is 1. The lowest BCUT2D eigenvalue weighted by Gasteiger charge is -2.49. The fourth-order valence-corrected chi connectivity index (χ4v) is 3.44. The Morgan fingerprint density at radius 1 is 1.57 bits per heavy atom. The first-order valence-electron chi connectivity index (χ1n) is 5.08. The molecule has 1 heterocycles. The molecule has 1 aliphatic carbocycles. The van der Waals surface area contributed by atoms with Crippen molar-refractivity contribution in [1.82, 2.24) is 4.90 Å². The van der Waals surface area contributed by atoms with Gasteiger partial charge in [-0.3, -0.25) is 0 Å². The minimum atomic E-state index is -0.894. The van der Waals surface area contributed by atoms with E-state index in [4.69, 9.17) is 5.11 Å². The summed E-state index contributed by atoms with van der Waals surface area (Å²) in [5, 5.41) is 18.2. The average Bonchev–Trinajstić information content (AvgIpc) is 2.38. The van der Waals surface area contributed by atoms with E-state index in [-0.39, 0.29) is 18.1 Å². The van der Waals surface area contributed by atoms with Gasteiger partial charge in [0.05, 0.1) is 12.6 Å². The second kappa shape index (κ2) is 2.86. The zero-order valence-corrected chi connectivity index (χ0v) is 8.60. The molecule has 0 aromatic rings. The summed E-state index contributed by atoms with van der Waals surface area (Å²) >= 11 is 0. The smallest absolute Gasteiger partial charge is 0.407 e. The summed E-state index contributed by atoms with van der Waals surface area (Å²) in [6.45, 7) is 4.87. The molecule has 3 atom stereocenters. The van der Waals surface area contributed by atoms with Gasteiger partial charge in [0.25, 0.3) is 0 Å². The van der Waals surface area contributed by atoms with Crippen molar-refractivity contribution in [3.05, 3.63) is 0 Å². The van der Waals surface area contributed by atoms with E-state index in [1.165, 1.54) is 4.90 Å². The Bertz CT molecular complexity index is 264. The Morgan fingerprint density at radius 2 is 2.21 bits per heavy atom. The molecule has 4 heteroatoms. The first-order chi connectivity index (χ1) is 6.47. The number of nitrogens with zero attached hydrogens (tertiary/aromatic N) is 1. The third kappa shape index (κ3) is 1.13. The van der Waals surface area contributed by atoms with Crippen LogP contribution < -0.4 is 0 Å². The summed E-state index contributed by atoms with van der Waals surface area (Å²) in [5.74, 6) is 0.821. The van der Waals surface area contributed by atoms with E-state index in [0.717, 1.165) is 6.42 Å². The zero-order valence-electron chi connectivity index (χ0n) is 8.60. The van der Waals surface area contributed by atoms with Crippen LogP contribution >= 0.6 is 0 Å². The van der Waals surface area contributed by atoms with Crippen molar-refractivity contribution in [2.75, 3.05) is 13.2 Å². The van der Waals surface area contributed by atoms with Crippen LogP contribution in [0.1, 0.15) is 20.3 Å². The van der Waals surface area contributed by atoms with Crippen molar-refractivity contribution in [3.63, 3.8) is 0 Å². The molecule has 2 N–H and O–H groups in total. The standard InChI is InChI=1S/C10H17NO3/c1-10(2)3-6-4-11(9(13)14)7(5-12)8(6)10/h6-8,12H,3-5H2,1-2H3,(H,13,14)/t6-,7+,8-/m0/s1. The molecule has 2 fully saturated rings. The molecular formula is C10H17NO3. The highest BCUT2D eigenvalue weighted by Gasteiger charge is 2.58. The van der Waals surface area contributed by atoms with Crippen molar-refractivity contribution < 1.29 is 15.0 Å². The molecule has 0 unspecified atom stereocenters. The van der Waals surface area contributed by atoms with Gasteiger partial charge < -0.3 is 15.1 Å². The van der Waals surface area contributed by atoms with Gasteiger partial charge in [-0.05, 0) is 23.7 Å². The molecule has 14 heavy (non-hydrogen) atoms. The number of hydrogen-bond donors (Lipinski definition) is 2. The van der Waals surface area contributed by atoms with Crippen LogP contribution in [0.2, 0.25) is 0 Å². The molecule has 1 amide bonds. The van der Waals surface area contributed by atoms with Crippen molar-refractivity contribution in [2.24, 2.45) is 17.3 Å². The first-order valence-corrected chi connectivity index (χ1v) is 5.08. The number of amides is 1. The lowest BCUT2D eigenvalue weighted by atomic mass is 9.55. The number of hydrogen-bond acceptors (Lipinski definition) is 2. The third-order valence-electron chi connectivity index (χ3n) is 3.88. The number of likely N-dealkylation sites (tertiary alicyclic amines) is 1. The van der Waals surface area contributed by atoms with Crippen LogP contribution in [0.25, 0.3) is 0 Å². The summed E-state index contributed by atoms with van der Waals surface area (Å²) in [5.41, 5.74) is 0.197. The van der Waals surface area contributed by atoms with Gasteiger partial charge >= 0.3 is 6.09 Å². The van der Waals surface area contributed by atoms with Crippen molar-refractivity contribution >= 4 is 6.09 Å². The fourth-order valence-electron chi connectivity index (χ4n) is 3.44. The monoisotopic (exact) mass is 199 g/mol. The second-order valence-corrected chi connectivity index (χ2v) is 5.16. The summed E-state index contributed by atoms with van der Waals surface area (Å²) < 4.78 is 0. The molecule has 0 radical (unpaired) electrons. The van der Waals surface area contributed by atoms with Crippen molar-refractivity contribution in [1.29, 1.82) is 0 Å². The molecule has 0 aromatic heterocycles. The van der Waals surface area contributed by atoms with E-state index in [1.807, 2.05) is 0 Å². The van der Waals surface area contributed by atoms with Crippen LogP contribution in [0.4, 0.5) is 4.79 Å². The Kier molecular flexibility index (Phi) is 2.00. The Labute approximate surface area is 83.5 Å². The quantitative estimate of drug-likeness (QED) is 0.662. The van der Waals surface area contributed by atoms with E-state index in [1.54, 1.807) is 0 Å². The molecule has 1 saturated carbocycles. The van der Waals surface area contributed by atoms with Gasteiger partial charge in [0, 0.05) is 6.54 Å². The van der Waals surface area contributed by atoms with Gasteiger partial charge in [-0.25, -0.2) is 4.79 Å². The summed E-state index contributed by atoms with van der Waals surface area (Å²) in [6.07, 6.45) is 0.187. The molecular weight excluding hydrogens is 182 g/mol. The van der Waals surface area contributed by atoms with Crippen LogP contribution in [-0.2, 0) is 0 Å². The largest absolute Gasteiger partial charge is 0.465 e. The molecule has 1 aliphatic heterocycles. The average molecular weight is 199 g/mol. The van der Waals surface area contributed by atoms with Crippen LogP contribution in [0, 0.1) is 17.3 Å². The van der Waals surface area contributed by atoms with E-state index < -0.39 is 6.09 Å². The van der Waals surface area contributed by atoms with Crippen LogP contribution in [0.15, 0.2) is 0 Å². The molecule has 80 valence electrons. The number of rotatable bonds is 1. The topological polar surface area (TPSA) is 60.8 Å². The van der Waals surface area contributed by atoms with Crippen molar-refractivity contribution in [3.8, 4) is 0 Å². The van der Waals surface area contributed by atoms with E-state index in [0.29, 0.717) is 18.4 Å². The minimum Gasteiger partial charge on any atom is -0.465 e. The van der Waals surface area contributed by atoms with E-state index in [2.05, 4.69) is 13.8 Å². The first kappa shape index (κ1) is 9.77. The number of aliphatic hydroxyl groups excluding tert-OH is 1. The van der Waals surface area contributed by atoms with Gasteiger partial charge in [-0.1, -0.05) is 13.8 Å². The van der Waals surface area contributed by atoms with Crippen molar-refractivity contribution in [2.45, 2.75) is 26.3 Å². The lowest BCUT2D eigenvalue weighted by molar-refractivity contribution is -0.00931. The highest BCUT2D eigenvalue weighted by molar-refractivity contribution is 5.66. The maximum absolute atomic E-state index is 10.9. The SMILES string of the molecule is CC1(C)C[C@H]2CN(C(=O)O)[C@H](CO)[C@H]21. The van der Waals surface area contributed by atoms with E-state index >= 15 is 0 Å². The predicted molar refractivity (Wildman–Crippen MR) is 51.0 cm³/mol. The predicted octanol–water partition coefficient (Wildman–Crippen LogP) is 1.00. The summed E-state index contributed by atoms with van der Waals surface area (Å²) in [7, 11) is 0. The van der Waals surface area contributed by atoms with Gasteiger partial charge in [0.1, 0.15) is 0 Å². The van der Waals surface area contributed by atoms with Gasteiger partial charge in [-0.2, -0.15) is 0 Å². The Morgan fingerprint density at radius 3 is 2.64 bits per heavy atom. The number of fused-ring (bicyclic) bond motifs is 1. The molecule has 0 aromatic carbocycles. The molecule has 1 saturated heterocycles. The molecule has 2 aliphatic rings. The van der Waals surface area contributed by atoms with Gasteiger partial charge in [-0.15, -0.1) is 0 Å². The molecule has 0 bridgehead atoms.